The molecule has 3 rings (SSSR count). The van der Waals surface area contributed by atoms with Crippen LogP contribution in [0.2, 0.25) is 0 Å². The van der Waals surface area contributed by atoms with Gasteiger partial charge in [0.05, 0.1) is 7.11 Å². The predicted molar refractivity (Wildman–Crippen MR) is 96.6 cm³/mol. The van der Waals surface area contributed by atoms with E-state index in [0.717, 1.165) is 10.9 Å². The minimum Gasteiger partial charge on any atom is -0.493 e. The molecule has 1 heterocycles. The number of amides is 2. The highest BCUT2D eigenvalue weighted by Crippen LogP contribution is 2.30. The molecular weight excluding hydrogens is 336 g/mol. The van der Waals surface area contributed by atoms with Gasteiger partial charge in [0.15, 0.2) is 23.9 Å². The van der Waals surface area contributed by atoms with Crippen LogP contribution in [0.25, 0.3) is 11.0 Å². The standard InChI is InChI=1S/C19H18N2O5/c1-11-3-5-14-12(7-11)8-17(26-14)19(23)21-13-4-6-15(24-2)16(9-13)25-10-18(20)22/h3-9H,10H2,1-2H3,(H2,20,22)(H,21,23). The minimum atomic E-state index is -0.612. The zero-order chi connectivity index (χ0) is 18.7. The molecule has 26 heavy (non-hydrogen) atoms. The van der Waals surface area contributed by atoms with Crippen LogP contribution in [0.3, 0.4) is 0 Å². The van der Waals surface area contributed by atoms with Crippen molar-refractivity contribution in [3.63, 3.8) is 0 Å². The van der Waals surface area contributed by atoms with Crippen LogP contribution in [0.1, 0.15) is 16.1 Å². The van der Waals surface area contributed by atoms with Gasteiger partial charge in [0.25, 0.3) is 11.8 Å². The average Bonchev–Trinajstić information content (AvgIpc) is 3.03. The van der Waals surface area contributed by atoms with Gasteiger partial charge in [-0.05, 0) is 37.3 Å². The first-order valence-electron chi connectivity index (χ1n) is 7.87. The van der Waals surface area contributed by atoms with E-state index in [2.05, 4.69) is 5.32 Å². The number of aryl methyl sites for hydroxylation is 1. The van der Waals surface area contributed by atoms with E-state index < -0.39 is 11.8 Å². The van der Waals surface area contributed by atoms with E-state index in [1.54, 1.807) is 24.3 Å². The Morgan fingerprint density at radius 2 is 1.92 bits per heavy atom. The van der Waals surface area contributed by atoms with Crippen molar-refractivity contribution in [3.8, 4) is 11.5 Å². The molecule has 3 aromatic rings. The topological polar surface area (TPSA) is 104 Å². The molecule has 3 N–H and O–H groups in total. The molecule has 2 aromatic carbocycles. The largest absolute Gasteiger partial charge is 0.493 e. The van der Waals surface area contributed by atoms with Crippen molar-refractivity contribution in [1.29, 1.82) is 0 Å². The molecular formula is C19H18N2O5. The Balaban J connectivity index is 1.81. The summed E-state index contributed by atoms with van der Waals surface area (Å²) in [6.07, 6.45) is 0. The summed E-state index contributed by atoms with van der Waals surface area (Å²) < 4.78 is 16.1. The third-order valence-corrected chi connectivity index (χ3v) is 3.69. The Bertz CT molecular complexity index is 977. The van der Waals surface area contributed by atoms with Crippen molar-refractivity contribution in [1.82, 2.24) is 0 Å². The second-order valence-corrected chi connectivity index (χ2v) is 5.73. The Kier molecular flexibility index (Phi) is 4.79. The molecule has 1 aromatic heterocycles. The van der Waals surface area contributed by atoms with Gasteiger partial charge in [0, 0.05) is 17.1 Å². The number of benzene rings is 2. The lowest BCUT2D eigenvalue weighted by molar-refractivity contribution is -0.119. The van der Waals surface area contributed by atoms with E-state index in [4.69, 9.17) is 19.6 Å². The van der Waals surface area contributed by atoms with Crippen LogP contribution < -0.4 is 20.5 Å². The van der Waals surface area contributed by atoms with Crippen LogP contribution in [0.5, 0.6) is 11.5 Å². The van der Waals surface area contributed by atoms with E-state index in [1.165, 1.54) is 7.11 Å². The summed E-state index contributed by atoms with van der Waals surface area (Å²) in [5.41, 5.74) is 7.27. The van der Waals surface area contributed by atoms with Gasteiger partial charge in [0.1, 0.15) is 5.58 Å². The van der Waals surface area contributed by atoms with E-state index in [9.17, 15) is 9.59 Å². The second kappa shape index (κ2) is 7.18. The van der Waals surface area contributed by atoms with Crippen molar-refractivity contribution >= 4 is 28.5 Å². The molecule has 0 aliphatic rings. The van der Waals surface area contributed by atoms with Crippen LogP contribution in [0, 0.1) is 6.92 Å². The van der Waals surface area contributed by atoms with Crippen LogP contribution in [0.15, 0.2) is 46.9 Å². The summed E-state index contributed by atoms with van der Waals surface area (Å²) in [5, 5.41) is 3.59. The smallest absolute Gasteiger partial charge is 0.291 e. The van der Waals surface area contributed by atoms with Gasteiger partial charge in [-0.2, -0.15) is 0 Å². The normalized spacial score (nSPS) is 10.5. The van der Waals surface area contributed by atoms with Crippen molar-refractivity contribution in [2.75, 3.05) is 19.0 Å². The molecule has 0 aliphatic heterocycles. The highest BCUT2D eigenvalue weighted by Gasteiger charge is 2.14. The van der Waals surface area contributed by atoms with Crippen molar-refractivity contribution < 1.29 is 23.5 Å². The quantitative estimate of drug-likeness (QED) is 0.708. The summed E-state index contributed by atoms with van der Waals surface area (Å²) in [6.45, 7) is 1.67. The summed E-state index contributed by atoms with van der Waals surface area (Å²) in [5.74, 6) is -0.0993. The fourth-order valence-corrected chi connectivity index (χ4v) is 2.48. The number of primary amides is 1. The number of hydrogen-bond acceptors (Lipinski definition) is 5. The molecule has 0 fully saturated rings. The zero-order valence-electron chi connectivity index (χ0n) is 14.4. The third kappa shape index (κ3) is 3.77. The number of fused-ring (bicyclic) bond motifs is 1. The van der Waals surface area contributed by atoms with Crippen LogP contribution in [-0.2, 0) is 4.79 Å². The van der Waals surface area contributed by atoms with Gasteiger partial charge in [-0.1, -0.05) is 11.6 Å². The summed E-state index contributed by atoms with van der Waals surface area (Å²) in [6, 6.07) is 12.2. The summed E-state index contributed by atoms with van der Waals surface area (Å²) in [7, 11) is 1.47. The molecule has 134 valence electrons. The molecule has 0 unspecified atom stereocenters. The summed E-state index contributed by atoms with van der Waals surface area (Å²) in [4.78, 5) is 23.4. The van der Waals surface area contributed by atoms with Crippen LogP contribution in [-0.4, -0.2) is 25.5 Å². The number of carbonyl (C=O) groups is 2. The Morgan fingerprint density at radius 1 is 1.12 bits per heavy atom. The van der Waals surface area contributed by atoms with Gasteiger partial charge in [0.2, 0.25) is 0 Å². The fourth-order valence-electron chi connectivity index (χ4n) is 2.48. The molecule has 0 saturated heterocycles. The molecule has 0 aliphatic carbocycles. The van der Waals surface area contributed by atoms with Gasteiger partial charge in [-0.15, -0.1) is 0 Å². The fraction of sp³-hybridized carbons (Fsp3) is 0.158. The number of nitrogens with one attached hydrogen (secondary N) is 1. The molecule has 0 spiro atoms. The summed E-state index contributed by atoms with van der Waals surface area (Å²) >= 11 is 0. The Hall–Kier alpha value is -3.48. The van der Waals surface area contributed by atoms with Crippen molar-refractivity contribution in [2.45, 2.75) is 6.92 Å². The SMILES string of the molecule is COc1ccc(NC(=O)c2cc3cc(C)ccc3o2)cc1OCC(N)=O. The Morgan fingerprint density at radius 3 is 2.65 bits per heavy atom. The van der Waals surface area contributed by atoms with Crippen molar-refractivity contribution in [3.05, 3.63) is 53.8 Å². The second-order valence-electron chi connectivity index (χ2n) is 5.73. The number of methoxy groups -OCH3 is 1. The lowest BCUT2D eigenvalue weighted by atomic mass is 10.2. The number of hydrogen-bond donors (Lipinski definition) is 2. The molecule has 7 heteroatoms. The number of rotatable bonds is 6. The van der Waals surface area contributed by atoms with Gasteiger partial charge in [-0.3, -0.25) is 9.59 Å². The maximum absolute atomic E-state index is 12.4. The minimum absolute atomic E-state index is 0.195. The first-order chi connectivity index (χ1) is 12.5. The molecule has 0 radical (unpaired) electrons. The zero-order valence-corrected chi connectivity index (χ0v) is 14.4. The third-order valence-electron chi connectivity index (χ3n) is 3.69. The van der Waals surface area contributed by atoms with E-state index in [1.807, 2.05) is 25.1 Å². The van der Waals surface area contributed by atoms with Gasteiger partial charge >= 0.3 is 0 Å². The van der Waals surface area contributed by atoms with Gasteiger partial charge < -0.3 is 24.9 Å². The first-order valence-corrected chi connectivity index (χ1v) is 7.87. The molecule has 0 saturated carbocycles. The lowest BCUT2D eigenvalue weighted by Crippen LogP contribution is -2.20. The maximum atomic E-state index is 12.4. The Labute approximate surface area is 149 Å². The van der Waals surface area contributed by atoms with E-state index >= 15 is 0 Å². The molecule has 0 bridgehead atoms. The molecule has 2 amide bonds. The maximum Gasteiger partial charge on any atom is 0.291 e. The number of carbonyl (C=O) groups excluding carboxylic acids is 2. The van der Waals surface area contributed by atoms with Crippen LogP contribution >= 0.6 is 0 Å². The number of nitrogens with two attached hydrogens (primary N) is 1. The number of anilines is 1. The molecule has 7 nitrogen and oxygen atoms in total. The number of furan rings is 1. The first kappa shape index (κ1) is 17.3. The van der Waals surface area contributed by atoms with Gasteiger partial charge in [-0.25, -0.2) is 0 Å². The lowest BCUT2D eigenvalue weighted by Gasteiger charge is -2.11. The average molecular weight is 354 g/mol. The molecule has 0 atom stereocenters. The van der Waals surface area contributed by atoms with Crippen LogP contribution in [0.4, 0.5) is 5.69 Å². The highest BCUT2D eigenvalue weighted by atomic mass is 16.5. The number of ether oxygens (including phenoxy) is 2. The predicted octanol–water partition coefficient (Wildman–Crippen LogP) is 2.87. The van der Waals surface area contributed by atoms with Crippen molar-refractivity contribution in [2.24, 2.45) is 5.73 Å². The van der Waals surface area contributed by atoms with E-state index in [0.29, 0.717) is 22.8 Å². The highest BCUT2D eigenvalue weighted by molar-refractivity contribution is 6.04. The van der Waals surface area contributed by atoms with E-state index in [-0.39, 0.29) is 12.4 Å². The monoisotopic (exact) mass is 354 g/mol.